The minimum Gasteiger partial charge on any atom is -0.408 e. The van der Waals surface area contributed by atoms with Crippen molar-refractivity contribution in [1.82, 2.24) is 14.2 Å². The fourth-order valence-electron chi connectivity index (χ4n) is 3.25. The molecule has 8 nitrogen and oxygen atoms in total. The number of aromatic nitrogens is 1. The largest absolute Gasteiger partial charge is 0.417 e. The van der Waals surface area contributed by atoms with Crippen LogP contribution in [0.25, 0.3) is 11.1 Å². The fourth-order valence-corrected chi connectivity index (χ4v) is 4.68. The smallest absolute Gasteiger partial charge is 0.408 e. The number of fused-ring (bicyclic) bond motifs is 1. The molecule has 0 spiro atoms. The Morgan fingerprint density at radius 2 is 1.71 bits per heavy atom. The molecule has 4 rings (SSSR count). The number of aryl methyl sites for hydroxylation is 1. The van der Waals surface area contributed by atoms with Crippen molar-refractivity contribution < 1.29 is 17.6 Å². The normalized spacial score (nSPS) is 15.8. The Morgan fingerprint density at radius 3 is 2.39 bits per heavy atom. The number of carbonyl (C=O) groups excluding carboxylic acids is 1. The van der Waals surface area contributed by atoms with Crippen molar-refractivity contribution in [3.05, 3.63) is 64.1 Å². The van der Waals surface area contributed by atoms with Crippen LogP contribution in [0.4, 0.5) is 0 Å². The van der Waals surface area contributed by atoms with Crippen molar-refractivity contribution in [3.8, 4) is 0 Å². The first-order valence-corrected chi connectivity index (χ1v) is 10.3. The van der Waals surface area contributed by atoms with E-state index in [1.54, 1.807) is 17.0 Å². The summed E-state index contributed by atoms with van der Waals surface area (Å²) in [6.07, 6.45) is 0. The lowest BCUT2D eigenvalue weighted by molar-refractivity contribution is 0.0698. The molecule has 0 aliphatic carbocycles. The van der Waals surface area contributed by atoms with Gasteiger partial charge in [0.25, 0.3) is 5.91 Å². The molecule has 2 heterocycles. The standard InChI is InChI=1S/C19H19N3O5S/c1-13-2-4-14(5-3-13)18(23)21-8-10-22(11-9-21)28(25,26)15-6-7-16-17(12-15)27-19(24)20-16/h2-7,12H,8-11H2,1H3,(H,20,24). The van der Waals surface area contributed by atoms with Gasteiger partial charge in [-0.25, -0.2) is 13.2 Å². The molecule has 28 heavy (non-hydrogen) atoms. The second kappa shape index (κ2) is 6.92. The second-order valence-electron chi connectivity index (χ2n) is 6.73. The summed E-state index contributed by atoms with van der Waals surface area (Å²) in [5.41, 5.74) is 2.30. The van der Waals surface area contributed by atoms with Gasteiger partial charge in [0.05, 0.1) is 10.4 Å². The van der Waals surface area contributed by atoms with Crippen molar-refractivity contribution in [2.75, 3.05) is 26.2 Å². The average Bonchev–Trinajstić information content (AvgIpc) is 3.07. The Labute approximate surface area is 161 Å². The van der Waals surface area contributed by atoms with E-state index in [1.165, 1.54) is 22.5 Å². The first-order valence-electron chi connectivity index (χ1n) is 8.83. The lowest BCUT2D eigenvalue weighted by Gasteiger charge is -2.34. The van der Waals surface area contributed by atoms with E-state index in [0.717, 1.165) is 5.56 Å². The highest BCUT2D eigenvalue weighted by Gasteiger charge is 2.30. The molecule has 0 saturated carbocycles. The van der Waals surface area contributed by atoms with Gasteiger partial charge in [-0.3, -0.25) is 9.78 Å². The molecule has 1 fully saturated rings. The monoisotopic (exact) mass is 401 g/mol. The molecule has 1 aromatic heterocycles. The molecule has 0 bridgehead atoms. The quantitative estimate of drug-likeness (QED) is 0.718. The molecule has 0 unspecified atom stereocenters. The van der Waals surface area contributed by atoms with Gasteiger partial charge in [0.1, 0.15) is 0 Å². The predicted molar refractivity (Wildman–Crippen MR) is 103 cm³/mol. The Hall–Kier alpha value is -2.91. The Morgan fingerprint density at radius 1 is 1.04 bits per heavy atom. The third kappa shape index (κ3) is 3.34. The van der Waals surface area contributed by atoms with Gasteiger partial charge in [0, 0.05) is 37.8 Å². The van der Waals surface area contributed by atoms with Gasteiger partial charge in [-0.1, -0.05) is 17.7 Å². The van der Waals surface area contributed by atoms with Crippen LogP contribution < -0.4 is 5.76 Å². The number of nitrogens with zero attached hydrogens (tertiary/aromatic N) is 2. The highest BCUT2D eigenvalue weighted by Crippen LogP contribution is 2.22. The Balaban J connectivity index is 1.49. The summed E-state index contributed by atoms with van der Waals surface area (Å²) >= 11 is 0. The lowest BCUT2D eigenvalue weighted by atomic mass is 10.1. The third-order valence-electron chi connectivity index (χ3n) is 4.85. The van der Waals surface area contributed by atoms with Crippen LogP contribution in [0.1, 0.15) is 15.9 Å². The van der Waals surface area contributed by atoms with Crippen LogP contribution >= 0.6 is 0 Å². The van der Waals surface area contributed by atoms with Gasteiger partial charge in [0.15, 0.2) is 5.58 Å². The number of aromatic amines is 1. The maximum atomic E-state index is 12.9. The molecule has 9 heteroatoms. The Kier molecular flexibility index (Phi) is 4.56. The van der Waals surface area contributed by atoms with E-state index in [9.17, 15) is 18.0 Å². The summed E-state index contributed by atoms with van der Waals surface area (Å²) < 4.78 is 32.1. The zero-order valence-corrected chi connectivity index (χ0v) is 16.0. The van der Waals surface area contributed by atoms with Crippen LogP contribution in [-0.2, 0) is 10.0 Å². The molecule has 1 amide bonds. The summed E-state index contributed by atoms with van der Waals surface area (Å²) in [6.45, 7) is 2.98. The number of hydrogen-bond acceptors (Lipinski definition) is 5. The Bertz CT molecular complexity index is 1190. The van der Waals surface area contributed by atoms with Crippen molar-refractivity contribution in [3.63, 3.8) is 0 Å². The number of oxazole rings is 1. The number of H-pyrrole nitrogens is 1. The molecule has 1 aliphatic heterocycles. The molecule has 0 radical (unpaired) electrons. The zero-order valence-electron chi connectivity index (χ0n) is 15.2. The molecular weight excluding hydrogens is 382 g/mol. The summed E-state index contributed by atoms with van der Waals surface area (Å²) in [6, 6.07) is 11.6. The van der Waals surface area contributed by atoms with Gasteiger partial charge in [-0.15, -0.1) is 0 Å². The molecule has 1 aliphatic rings. The summed E-state index contributed by atoms with van der Waals surface area (Å²) in [4.78, 5) is 28.1. The molecule has 1 saturated heterocycles. The van der Waals surface area contributed by atoms with Crippen LogP contribution in [0, 0.1) is 6.92 Å². The number of rotatable bonds is 3. The van der Waals surface area contributed by atoms with E-state index in [-0.39, 0.29) is 29.5 Å². The first kappa shape index (κ1) is 18.5. The van der Waals surface area contributed by atoms with Crippen molar-refractivity contribution in [2.24, 2.45) is 0 Å². The van der Waals surface area contributed by atoms with E-state index < -0.39 is 15.8 Å². The number of benzene rings is 2. The highest BCUT2D eigenvalue weighted by molar-refractivity contribution is 7.89. The number of hydrogen-bond donors (Lipinski definition) is 1. The molecule has 0 atom stereocenters. The van der Waals surface area contributed by atoms with Gasteiger partial charge >= 0.3 is 5.76 Å². The summed E-state index contributed by atoms with van der Waals surface area (Å²) in [5.74, 6) is -0.736. The van der Waals surface area contributed by atoms with E-state index in [4.69, 9.17) is 4.42 Å². The van der Waals surface area contributed by atoms with Gasteiger partial charge in [0.2, 0.25) is 10.0 Å². The number of nitrogens with one attached hydrogen (secondary N) is 1. The summed E-state index contributed by atoms with van der Waals surface area (Å²) in [5, 5.41) is 0. The van der Waals surface area contributed by atoms with Crippen LogP contribution in [0.15, 0.2) is 56.6 Å². The molecular formula is C19H19N3O5S. The lowest BCUT2D eigenvalue weighted by Crippen LogP contribution is -2.50. The minimum atomic E-state index is -3.74. The van der Waals surface area contributed by atoms with Crippen molar-refractivity contribution in [1.29, 1.82) is 0 Å². The zero-order chi connectivity index (χ0) is 19.9. The van der Waals surface area contributed by atoms with Gasteiger partial charge in [-0.05, 0) is 31.2 Å². The predicted octanol–water partition coefficient (Wildman–Crippen LogP) is 1.58. The van der Waals surface area contributed by atoms with E-state index >= 15 is 0 Å². The molecule has 2 aromatic carbocycles. The van der Waals surface area contributed by atoms with E-state index in [1.807, 2.05) is 19.1 Å². The van der Waals surface area contributed by atoms with Crippen LogP contribution in [0.2, 0.25) is 0 Å². The SMILES string of the molecule is Cc1ccc(C(=O)N2CCN(S(=O)(=O)c3ccc4[nH]c(=O)oc4c3)CC2)cc1. The fraction of sp³-hybridized carbons (Fsp3) is 0.263. The summed E-state index contributed by atoms with van der Waals surface area (Å²) in [7, 11) is -3.74. The van der Waals surface area contributed by atoms with Crippen LogP contribution in [0.5, 0.6) is 0 Å². The molecule has 1 N–H and O–H groups in total. The second-order valence-corrected chi connectivity index (χ2v) is 8.67. The van der Waals surface area contributed by atoms with E-state index in [0.29, 0.717) is 24.2 Å². The van der Waals surface area contributed by atoms with E-state index in [2.05, 4.69) is 4.98 Å². The first-order chi connectivity index (χ1) is 13.3. The van der Waals surface area contributed by atoms with Crippen molar-refractivity contribution in [2.45, 2.75) is 11.8 Å². The topological polar surface area (TPSA) is 104 Å². The molecule has 146 valence electrons. The maximum absolute atomic E-state index is 12.9. The number of sulfonamides is 1. The number of amides is 1. The number of piperazine rings is 1. The third-order valence-corrected chi connectivity index (χ3v) is 6.75. The van der Waals surface area contributed by atoms with Crippen LogP contribution in [-0.4, -0.2) is 54.7 Å². The van der Waals surface area contributed by atoms with Gasteiger partial charge < -0.3 is 9.32 Å². The van der Waals surface area contributed by atoms with Gasteiger partial charge in [-0.2, -0.15) is 4.31 Å². The molecule has 3 aromatic rings. The van der Waals surface area contributed by atoms with Crippen molar-refractivity contribution >= 4 is 27.0 Å². The maximum Gasteiger partial charge on any atom is 0.417 e. The average molecular weight is 401 g/mol. The minimum absolute atomic E-state index is 0.0565. The van der Waals surface area contributed by atoms with Crippen LogP contribution in [0.3, 0.4) is 0 Å². The highest BCUT2D eigenvalue weighted by atomic mass is 32.2. The number of carbonyl (C=O) groups is 1.